The number of hydrogen-bond donors (Lipinski definition) is 3. The van der Waals surface area contributed by atoms with Gasteiger partial charge in [-0.3, -0.25) is 4.79 Å². The van der Waals surface area contributed by atoms with E-state index in [1.54, 1.807) is 19.9 Å². The van der Waals surface area contributed by atoms with Crippen LogP contribution in [0.25, 0.3) is 0 Å². The predicted molar refractivity (Wildman–Crippen MR) is 81.8 cm³/mol. The van der Waals surface area contributed by atoms with E-state index >= 15 is 0 Å². The molecule has 0 aliphatic heterocycles. The van der Waals surface area contributed by atoms with Crippen molar-refractivity contribution in [1.29, 1.82) is 0 Å². The average Bonchev–Trinajstić information content (AvgIpc) is 2.43. The molecular weight excluding hydrogens is 343 g/mol. The van der Waals surface area contributed by atoms with Gasteiger partial charge >= 0.3 is 12.0 Å². The van der Waals surface area contributed by atoms with Gasteiger partial charge < -0.3 is 15.7 Å². The molecule has 0 heterocycles. The van der Waals surface area contributed by atoms with Gasteiger partial charge in [-0.1, -0.05) is 29.8 Å². The molecule has 0 spiro atoms. The van der Waals surface area contributed by atoms with E-state index in [-0.39, 0.29) is 12.2 Å². The van der Waals surface area contributed by atoms with Gasteiger partial charge in [0.1, 0.15) is 5.82 Å². The Kier molecular flexibility index (Phi) is 6.14. The van der Waals surface area contributed by atoms with E-state index in [1.165, 1.54) is 12.1 Å². The van der Waals surface area contributed by atoms with E-state index < -0.39 is 23.2 Å². The van der Waals surface area contributed by atoms with Crippen molar-refractivity contribution < 1.29 is 19.1 Å². The summed E-state index contributed by atoms with van der Waals surface area (Å²) >= 11 is 3.12. The molecule has 0 radical (unpaired) electrons. The van der Waals surface area contributed by atoms with Crippen LogP contribution in [0.3, 0.4) is 0 Å². The van der Waals surface area contributed by atoms with E-state index in [4.69, 9.17) is 0 Å². The zero-order valence-corrected chi connectivity index (χ0v) is 13.5. The van der Waals surface area contributed by atoms with Crippen molar-refractivity contribution in [3.05, 3.63) is 28.5 Å². The lowest BCUT2D eigenvalue weighted by molar-refractivity contribution is -0.149. The third-order valence-electron chi connectivity index (χ3n) is 3.57. The maximum absolute atomic E-state index is 13.6. The van der Waals surface area contributed by atoms with Crippen LogP contribution in [-0.4, -0.2) is 23.7 Å². The fraction of sp³-hybridized carbons (Fsp3) is 0.429. The van der Waals surface area contributed by atoms with E-state index in [0.717, 1.165) is 0 Å². The van der Waals surface area contributed by atoms with Crippen molar-refractivity contribution in [1.82, 2.24) is 5.32 Å². The van der Waals surface area contributed by atoms with Gasteiger partial charge in [0, 0.05) is 11.0 Å². The number of carbonyl (C=O) groups excluding carboxylic acids is 1. The van der Waals surface area contributed by atoms with E-state index in [1.807, 2.05) is 0 Å². The molecule has 3 N–H and O–H groups in total. The summed E-state index contributed by atoms with van der Waals surface area (Å²) in [6, 6.07) is 3.61. The van der Waals surface area contributed by atoms with Crippen LogP contribution in [0, 0.1) is 11.2 Å². The first kappa shape index (κ1) is 17.4. The predicted octanol–water partition coefficient (Wildman–Crippen LogP) is 3.60. The summed E-state index contributed by atoms with van der Waals surface area (Å²) in [5.74, 6) is -1.53. The molecule has 1 aromatic rings. The normalized spacial score (nSPS) is 11.0. The molecule has 116 valence electrons. The van der Waals surface area contributed by atoms with E-state index in [9.17, 15) is 19.1 Å². The SMILES string of the molecule is CCC(CC)(CNC(=O)Nc1ccc(Br)cc1F)C(=O)O. The van der Waals surface area contributed by atoms with Crippen molar-refractivity contribution >= 4 is 33.6 Å². The quantitative estimate of drug-likeness (QED) is 0.725. The van der Waals surface area contributed by atoms with Crippen molar-refractivity contribution in [2.45, 2.75) is 26.7 Å². The minimum Gasteiger partial charge on any atom is -0.481 e. The van der Waals surface area contributed by atoms with Gasteiger partial charge in [0.15, 0.2) is 0 Å². The molecule has 7 heteroatoms. The first-order chi connectivity index (χ1) is 9.84. The minimum atomic E-state index is -1.00. The Hall–Kier alpha value is -1.63. The number of benzene rings is 1. The molecule has 0 aromatic heterocycles. The van der Waals surface area contributed by atoms with E-state index in [2.05, 4.69) is 26.6 Å². The van der Waals surface area contributed by atoms with E-state index in [0.29, 0.717) is 17.3 Å². The number of halogens is 2. The maximum atomic E-state index is 13.6. The number of anilines is 1. The lowest BCUT2D eigenvalue weighted by atomic mass is 9.82. The van der Waals surface area contributed by atoms with Gasteiger partial charge in [0.25, 0.3) is 0 Å². The summed E-state index contributed by atoms with van der Waals surface area (Å²) in [5.41, 5.74) is -0.972. The standard InChI is InChI=1S/C14H18BrFN2O3/c1-3-14(4-2,12(19)20)8-17-13(21)18-11-6-5-9(15)7-10(11)16/h5-7H,3-4,8H2,1-2H3,(H,19,20)(H2,17,18,21). The second kappa shape index (κ2) is 7.40. The van der Waals surface area contributed by atoms with Gasteiger partial charge in [0.05, 0.1) is 11.1 Å². The molecule has 0 fully saturated rings. The number of nitrogens with one attached hydrogen (secondary N) is 2. The molecule has 0 bridgehead atoms. The Morgan fingerprint density at radius 2 is 1.95 bits per heavy atom. The van der Waals surface area contributed by atoms with Crippen LogP contribution in [-0.2, 0) is 4.79 Å². The Labute approximate surface area is 131 Å². The number of aliphatic carboxylic acids is 1. The lowest BCUT2D eigenvalue weighted by Gasteiger charge is -2.26. The number of carboxylic acids is 1. The van der Waals surface area contributed by atoms with Crippen molar-refractivity contribution in [3.8, 4) is 0 Å². The molecule has 0 unspecified atom stereocenters. The Morgan fingerprint density at radius 3 is 2.43 bits per heavy atom. The van der Waals surface area contributed by atoms with Crippen LogP contribution < -0.4 is 10.6 Å². The zero-order valence-electron chi connectivity index (χ0n) is 11.9. The number of amides is 2. The lowest BCUT2D eigenvalue weighted by Crippen LogP contribution is -2.43. The molecule has 2 amide bonds. The molecule has 1 rings (SSSR count). The molecule has 1 aromatic carbocycles. The van der Waals surface area contributed by atoms with Gasteiger partial charge in [-0.05, 0) is 31.0 Å². The molecule has 21 heavy (non-hydrogen) atoms. The zero-order chi connectivity index (χ0) is 16.0. The van der Waals surface area contributed by atoms with Gasteiger partial charge in [-0.2, -0.15) is 0 Å². The fourth-order valence-electron chi connectivity index (χ4n) is 1.88. The van der Waals surface area contributed by atoms with Crippen molar-refractivity contribution in [2.75, 3.05) is 11.9 Å². The highest BCUT2D eigenvalue weighted by Gasteiger charge is 2.35. The summed E-state index contributed by atoms with van der Waals surface area (Å²) in [4.78, 5) is 23.1. The Bertz CT molecular complexity index is 533. The topological polar surface area (TPSA) is 78.4 Å². The number of rotatable bonds is 6. The summed E-state index contributed by atoms with van der Waals surface area (Å²) in [6.45, 7) is 3.50. The summed E-state index contributed by atoms with van der Waals surface area (Å²) in [7, 11) is 0. The minimum absolute atomic E-state index is 0.0146. The molecule has 0 atom stereocenters. The molecule has 0 saturated heterocycles. The largest absolute Gasteiger partial charge is 0.481 e. The molecule has 0 aliphatic carbocycles. The van der Waals surface area contributed by atoms with Gasteiger partial charge in [-0.25, -0.2) is 9.18 Å². The van der Waals surface area contributed by atoms with Crippen molar-refractivity contribution in [2.24, 2.45) is 5.41 Å². The number of hydrogen-bond acceptors (Lipinski definition) is 2. The number of urea groups is 1. The third kappa shape index (κ3) is 4.42. The monoisotopic (exact) mass is 360 g/mol. The average molecular weight is 361 g/mol. The van der Waals surface area contributed by atoms with Crippen LogP contribution >= 0.6 is 15.9 Å². The summed E-state index contributed by atoms with van der Waals surface area (Å²) < 4.78 is 14.1. The first-order valence-corrected chi connectivity index (χ1v) is 7.37. The highest BCUT2D eigenvalue weighted by Crippen LogP contribution is 2.25. The van der Waals surface area contributed by atoms with Crippen LogP contribution in [0.4, 0.5) is 14.9 Å². The summed E-state index contributed by atoms with van der Waals surface area (Å²) in [6.07, 6.45) is 0.789. The van der Waals surface area contributed by atoms with Crippen LogP contribution in [0.15, 0.2) is 22.7 Å². The molecule has 5 nitrogen and oxygen atoms in total. The highest BCUT2D eigenvalue weighted by atomic mass is 79.9. The molecular formula is C14H18BrFN2O3. The smallest absolute Gasteiger partial charge is 0.319 e. The number of carbonyl (C=O) groups is 2. The Morgan fingerprint density at radius 1 is 1.33 bits per heavy atom. The van der Waals surface area contributed by atoms with Gasteiger partial charge in [0.2, 0.25) is 0 Å². The second-order valence-corrected chi connectivity index (χ2v) is 5.64. The van der Waals surface area contributed by atoms with Crippen LogP contribution in [0.5, 0.6) is 0 Å². The van der Waals surface area contributed by atoms with Crippen LogP contribution in [0.2, 0.25) is 0 Å². The maximum Gasteiger partial charge on any atom is 0.319 e. The fourth-order valence-corrected chi connectivity index (χ4v) is 2.22. The second-order valence-electron chi connectivity index (χ2n) is 4.72. The first-order valence-electron chi connectivity index (χ1n) is 6.58. The highest BCUT2D eigenvalue weighted by molar-refractivity contribution is 9.10. The van der Waals surface area contributed by atoms with Gasteiger partial charge in [-0.15, -0.1) is 0 Å². The molecule has 0 aliphatic rings. The van der Waals surface area contributed by atoms with Crippen LogP contribution in [0.1, 0.15) is 26.7 Å². The van der Waals surface area contributed by atoms with Crippen molar-refractivity contribution in [3.63, 3.8) is 0 Å². The third-order valence-corrected chi connectivity index (χ3v) is 4.07. The summed E-state index contributed by atoms with van der Waals surface area (Å²) in [5, 5.41) is 14.1. The molecule has 0 saturated carbocycles. The number of carboxylic acid groups (broad SMARTS) is 1. The Balaban J connectivity index is 2.67.